The number of anilines is 3. The second-order valence-corrected chi connectivity index (χ2v) is 14.8. The van der Waals surface area contributed by atoms with Crippen molar-refractivity contribution in [3.63, 3.8) is 0 Å². The van der Waals surface area contributed by atoms with Crippen LogP contribution >= 0.6 is 0 Å². The van der Waals surface area contributed by atoms with Gasteiger partial charge in [-0.15, -0.1) is 0 Å². The Hall–Kier alpha value is -7.62. The van der Waals surface area contributed by atoms with Gasteiger partial charge in [0.2, 0.25) is 0 Å². The lowest BCUT2D eigenvalue weighted by molar-refractivity contribution is 0.669. The number of hydrogen-bond acceptors (Lipinski definition) is 2. The number of furan rings is 1. The molecule has 0 amide bonds. The van der Waals surface area contributed by atoms with Gasteiger partial charge < -0.3 is 13.9 Å². The van der Waals surface area contributed by atoms with Crippen LogP contribution in [0.4, 0.5) is 17.1 Å². The highest BCUT2D eigenvalue weighted by Crippen LogP contribution is 2.46. The molecule has 0 radical (unpaired) electrons. The quantitative estimate of drug-likeness (QED) is 0.165. The molecule has 0 atom stereocenters. The fraction of sp³-hybridized carbons (Fsp3) is 0. The first-order chi connectivity index (χ1) is 28.3. The van der Waals surface area contributed by atoms with Crippen molar-refractivity contribution >= 4 is 93.1 Å². The van der Waals surface area contributed by atoms with E-state index in [4.69, 9.17) is 4.42 Å². The van der Waals surface area contributed by atoms with Gasteiger partial charge in [-0.1, -0.05) is 140 Å². The molecule has 266 valence electrons. The smallest absolute Gasteiger partial charge is 0.136 e. The van der Waals surface area contributed by atoms with Gasteiger partial charge in [-0.3, -0.25) is 0 Å². The molecular formula is C54H34N2O. The van der Waals surface area contributed by atoms with Crippen LogP contribution in [0.15, 0.2) is 211 Å². The van der Waals surface area contributed by atoms with Gasteiger partial charge in [-0.25, -0.2) is 0 Å². The molecule has 0 unspecified atom stereocenters. The van der Waals surface area contributed by atoms with Crippen molar-refractivity contribution in [2.75, 3.05) is 4.90 Å². The Labute approximate surface area is 328 Å². The van der Waals surface area contributed by atoms with Crippen LogP contribution < -0.4 is 4.90 Å². The largest absolute Gasteiger partial charge is 0.456 e. The Morgan fingerprint density at radius 3 is 1.51 bits per heavy atom. The summed E-state index contributed by atoms with van der Waals surface area (Å²) in [4.78, 5) is 2.43. The maximum atomic E-state index is 6.40. The van der Waals surface area contributed by atoms with Crippen molar-refractivity contribution in [1.29, 1.82) is 0 Å². The van der Waals surface area contributed by atoms with Gasteiger partial charge in [0, 0.05) is 44.2 Å². The molecule has 3 nitrogen and oxygen atoms in total. The Morgan fingerprint density at radius 1 is 0.333 bits per heavy atom. The minimum absolute atomic E-state index is 0.884. The van der Waals surface area contributed by atoms with Crippen molar-refractivity contribution < 1.29 is 4.42 Å². The SMILES string of the molecule is c1ccc(N(c2ccc(-n3c4ccccc4c4ccccc43)cc2)c2ccc3c4ccccc4c4ccccc4c3c2)c(-c2cccc3oc4ccccc4c23)c1. The number of hydrogen-bond donors (Lipinski definition) is 0. The summed E-state index contributed by atoms with van der Waals surface area (Å²) in [6.07, 6.45) is 0. The van der Waals surface area contributed by atoms with Crippen molar-refractivity contribution in [1.82, 2.24) is 4.57 Å². The summed E-state index contributed by atoms with van der Waals surface area (Å²) in [6, 6.07) is 74.6. The zero-order valence-electron chi connectivity index (χ0n) is 30.9. The summed E-state index contributed by atoms with van der Waals surface area (Å²) in [5.41, 5.74) is 10.8. The molecule has 2 aromatic heterocycles. The second kappa shape index (κ2) is 12.5. The lowest BCUT2D eigenvalue weighted by Crippen LogP contribution is -2.11. The fourth-order valence-electron chi connectivity index (χ4n) is 9.31. The lowest BCUT2D eigenvalue weighted by Gasteiger charge is -2.29. The third-order valence-corrected chi connectivity index (χ3v) is 11.8. The van der Waals surface area contributed by atoms with Gasteiger partial charge in [-0.05, 0) is 105 Å². The summed E-state index contributed by atoms with van der Waals surface area (Å²) in [6.45, 7) is 0. The van der Waals surface area contributed by atoms with Gasteiger partial charge in [0.15, 0.2) is 0 Å². The van der Waals surface area contributed by atoms with Gasteiger partial charge in [0.1, 0.15) is 11.2 Å². The molecule has 0 aliphatic heterocycles. The van der Waals surface area contributed by atoms with Gasteiger partial charge in [0.05, 0.1) is 16.7 Å². The second-order valence-electron chi connectivity index (χ2n) is 14.8. The average molecular weight is 727 g/mol. The van der Waals surface area contributed by atoms with Crippen molar-refractivity contribution in [2.24, 2.45) is 0 Å². The Kier molecular flexibility index (Phi) is 6.93. The van der Waals surface area contributed by atoms with E-state index < -0.39 is 0 Å². The molecule has 0 fully saturated rings. The summed E-state index contributed by atoms with van der Waals surface area (Å²) < 4.78 is 8.78. The first-order valence-electron chi connectivity index (χ1n) is 19.5. The molecule has 0 aliphatic carbocycles. The van der Waals surface area contributed by atoms with Crippen molar-refractivity contribution in [3.8, 4) is 16.8 Å². The van der Waals surface area contributed by atoms with Crippen LogP contribution in [0.2, 0.25) is 0 Å². The number of aromatic nitrogens is 1. The third kappa shape index (κ3) is 4.79. The molecule has 3 heteroatoms. The normalized spacial score (nSPS) is 11.9. The minimum atomic E-state index is 0.884. The molecule has 10 aromatic carbocycles. The van der Waals surface area contributed by atoms with E-state index in [1.165, 1.54) is 54.1 Å². The van der Waals surface area contributed by atoms with E-state index >= 15 is 0 Å². The van der Waals surface area contributed by atoms with E-state index in [0.717, 1.165) is 55.8 Å². The van der Waals surface area contributed by atoms with Crippen LogP contribution in [0, 0.1) is 0 Å². The van der Waals surface area contributed by atoms with Gasteiger partial charge >= 0.3 is 0 Å². The van der Waals surface area contributed by atoms with E-state index in [9.17, 15) is 0 Å². The number of fused-ring (bicyclic) bond motifs is 12. The Morgan fingerprint density at radius 2 is 0.825 bits per heavy atom. The molecular weight excluding hydrogens is 693 g/mol. The summed E-state index contributed by atoms with van der Waals surface area (Å²) in [5, 5.41) is 12.3. The molecule has 0 saturated carbocycles. The molecule has 2 heterocycles. The number of para-hydroxylation sites is 4. The maximum Gasteiger partial charge on any atom is 0.136 e. The van der Waals surface area contributed by atoms with E-state index in [-0.39, 0.29) is 0 Å². The molecule has 12 rings (SSSR count). The first kappa shape index (κ1) is 31.7. The molecule has 0 aliphatic rings. The molecule has 12 aromatic rings. The molecule has 0 spiro atoms. The Bertz CT molecular complexity index is 3450. The molecule has 57 heavy (non-hydrogen) atoms. The summed E-state index contributed by atoms with van der Waals surface area (Å²) in [5.74, 6) is 0. The van der Waals surface area contributed by atoms with Gasteiger partial charge in [-0.2, -0.15) is 0 Å². The van der Waals surface area contributed by atoms with E-state index in [0.29, 0.717) is 0 Å². The van der Waals surface area contributed by atoms with Crippen molar-refractivity contribution in [2.45, 2.75) is 0 Å². The molecule has 0 bridgehead atoms. The van der Waals surface area contributed by atoms with Crippen molar-refractivity contribution in [3.05, 3.63) is 206 Å². The van der Waals surface area contributed by atoms with E-state index in [1.807, 2.05) is 6.07 Å². The maximum absolute atomic E-state index is 6.40. The minimum Gasteiger partial charge on any atom is -0.456 e. The highest BCUT2D eigenvalue weighted by molar-refractivity contribution is 6.26. The molecule has 0 N–H and O–H groups in total. The van der Waals surface area contributed by atoms with Gasteiger partial charge in [0.25, 0.3) is 0 Å². The standard InChI is InChI=1S/C54H34N2O/c1-2-16-40-38(14-1)39-15-3-4-17-41(39)48-34-37(32-33-42(40)48)55(35-28-30-36(31-29-35)56-50-24-10-5-18-43(50)44-19-6-11-25-51(44)56)49-23-9-7-20-45(49)46-22-13-27-53-54(46)47-21-8-12-26-52(47)57-53/h1-34H. The zero-order chi connectivity index (χ0) is 37.5. The average Bonchev–Trinajstić information content (AvgIpc) is 3.83. The predicted octanol–water partition coefficient (Wildman–Crippen LogP) is 15.3. The summed E-state index contributed by atoms with van der Waals surface area (Å²) >= 11 is 0. The summed E-state index contributed by atoms with van der Waals surface area (Å²) in [7, 11) is 0. The first-order valence-corrected chi connectivity index (χ1v) is 19.5. The van der Waals surface area contributed by atoms with E-state index in [1.54, 1.807) is 0 Å². The Balaban J connectivity index is 1.11. The number of rotatable bonds is 5. The molecule has 0 saturated heterocycles. The topological polar surface area (TPSA) is 21.3 Å². The van der Waals surface area contributed by atoms with Crippen LogP contribution in [0.5, 0.6) is 0 Å². The van der Waals surface area contributed by atoms with E-state index in [2.05, 4.69) is 210 Å². The monoisotopic (exact) mass is 726 g/mol. The fourth-order valence-corrected chi connectivity index (χ4v) is 9.31. The third-order valence-electron chi connectivity index (χ3n) is 11.8. The van der Waals surface area contributed by atoms with Crippen LogP contribution in [-0.2, 0) is 0 Å². The van der Waals surface area contributed by atoms with Crippen LogP contribution in [0.1, 0.15) is 0 Å². The van der Waals surface area contributed by atoms with Crippen LogP contribution in [-0.4, -0.2) is 4.57 Å². The highest BCUT2D eigenvalue weighted by Gasteiger charge is 2.22. The lowest BCUT2D eigenvalue weighted by atomic mass is 9.93. The number of nitrogens with zero attached hydrogens (tertiary/aromatic N) is 2. The highest BCUT2D eigenvalue weighted by atomic mass is 16.3. The predicted molar refractivity (Wildman–Crippen MR) is 241 cm³/mol. The van der Waals surface area contributed by atoms with Crippen LogP contribution in [0.3, 0.4) is 0 Å². The van der Waals surface area contributed by atoms with Crippen LogP contribution in [0.25, 0.3) is 92.9 Å². The zero-order valence-corrected chi connectivity index (χ0v) is 30.9. The number of benzene rings is 10.